The average molecular weight is 633 g/mol. The maximum atomic E-state index is 2.43. The summed E-state index contributed by atoms with van der Waals surface area (Å²) in [6, 6.07) is 71.4. The molecule has 10 aromatic carbocycles. The summed E-state index contributed by atoms with van der Waals surface area (Å²) in [5, 5.41) is 12.7. The number of hydrogen-bond donors (Lipinski definition) is 0. The van der Waals surface area contributed by atoms with Gasteiger partial charge < -0.3 is 0 Å². The monoisotopic (exact) mass is 632 g/mol. The molecule has 0 aliphatic rings. The predicted octanol–water partition coefficient (Wildman–Crippen LogP) is 14.1. The van der Waals surface area contributed by atoms with Gasteiger partial charge in [0.1, 0.15) is 0 Å². The molecular formula is C50H32. The van der Waals surface area contributed by atoms with Crippen LogP contribution in [0.25, 0.3) is 98.4 Å². The Morgan fingerprint density at radius 1 is 0.200 bits per heavy atom. The topological polar surface area (TPSA) is 0 Å². The summed E-state index contributed by atoms with van der Waals surface area (Å²) in [5.74, 6) is 0. The molecule has 0 radical (unpaired) electrons. The predicted molar refractivity (Wildman–Crippen MR) is 216 cm³/mol. The number of benzene rings is 10. The van der Waals surface area contributed by atoms with E-state index in [1.165, 1.54) is 98.4 Å². The quantitative estimate of drug-likeness (QED) is 0.134. The van der Waals surface area contributed by atoms with E-state index in [0.717, 1.165) is 0 Å². The van der Waals surface area contributed by atoms with Gasteiger partial charge in [-0.2, -0.15) is 0 Å². The Hall–Kier alpha value is -6.50. The smallest absolute Gasteiger partial charge is 0.00199 e. The number of fused-ring (bicyclic) bond motifs is 6. The molecule has 0 aliphatic heterocycles. The summed E-state index contributed by atoms with van der Waals surface area (Å²) >= 11 is 0. The van der Waals surface area contributed by atoms with Crippen LogP contribution in [0.5, 0.6) is 0 Å². The third kappa shape index (κ3) is 4.61. The lowest BCUT2D eigenvalue weighted by atomic mass is 9.82. The van der Waals surface area contributed by atoms with Crippen LogP contribution in [0.1, 0.15) is 0 Å². The summed E-state index contributed by atoms with van der Waals surface area (Å²) in [6.45, 7) is 0. The normalized spacial score (nSPS) is 11.6. The lowest BCUT2D eigenvalue weighted by Crippen LogP contribution is -1.93. The van der Waals surface area contributed by atoms with Crippen LogP contribution in [0, 0.1) is 0 Å². The summed E-state index contributed by atoms with van der Waals surface area (Å²) < 4.78 is 0. The van der Waals surface area contributed by atoms with Gasteiger partial charge in [-0.3, -0.25) is 0 Å². The zero-order valence-corrected chi connectivity index (χ0v) is 27.5. The fraction of sp³-hybridized carbons (Fsp3) is 0. The zero-order chi connectivity index (χ0) is 33.0. The molecule has 10 rings (SSSR count). The van der Waals surface area contributed by atoms with Gasteiger partial charge in [-0.25, -0.2) is 0 Å². The summed E-state index contributed by atoms with van der Waals surface area (Å²) in [7, 11) is 0. The van der Waals surface area contributed by atoms with Crippen molar-refractivity contribution in [3.63, 3.8) is 0 Å². The highest BCUT2D eigenvalue weighted by Gasteiger charge is 2.20. The SMILES string of the molecule is c1ccc(-c2cc(-c3ccccc3)cc(-c3c4ccccc4c(-c4cc5cc6ccccc6cc5c5ccccc45)c4ccccc34)c2)cc1. The maximum absolute atomic E-state index is 2.43. The molecule has 0 heteroatoms. The largest absolute Gasteiger partial charge is 0.0622 e. The van der Waals surface area contributed by atoms with Crippen LogP contribution in [0.2, 0.25) is 0 Å². The minimum atomic E-state index is 1.21. The molecule has 0 aliphatic carbocycles. The van der Waals surface area contributed by atoms with Crippen LogP contribution in [-0.2, 0) is 0 Å². The van der Waals surface area contributed by atoms with Crippen molar-refractivity contribution in [2.45, 2.75) is 0 Å². The highest BCUT2D eigenvalue weighted by atomic mass is 14.2. The lowest BCUT2D eigenvalue weighted by molar-refractivity contribution is 1.58. The van der Waals surface area contributed by atoms with Gasteiger partial charge in [0.15, 0.2) is 0 Å². The number of hydrogen-bond acceptors (Lipinski definition) is 0. The van der Waals surface area contributed by atoms with E-state index in [9.17, 15) is 0 Å². The van der Waals surface area contributed by atoms with Crippen LogP contribution in [0.3, 0.4) is 0 Å². The van der Waals surface area contributed by atoms with E-state index in [2.05, 4.69) is 194 Å². The fourth-order valence-electron chi connectivity index (χ4n) is 8.10. The van der Waals surface area contributed by atoms with Crippen LogP contribution < -0.4 is 0 Å². The van der Waals surface area contributed by atoms with Gasteiger partial charge in [0.25, 0.3) is 0 Å². The van der Waals surface area contributed by atoms with Crippen molar-refractivity contribution in [1.29, 1.82) is 0 Å². The molecule has 0 unspecified atom stereocenters. The van der Waals surface area contributed by atoms with E-state index in [-0.39, 0.29) is 0 Å². The zero-order valence-electron chi connectivity index (χ0n) is 27.5. The second kappa shape index (κ2) is 11.6. The highest BCUT2D eigenvalue weighted by molar-refractivity contribution is 6.26. The van der Waals surface area contributed by atoms with Crippen LogP contribution >= 0.6 is 0 Å². The fourth-order valence-corrected chi connectivity index (χ4v) is 8.10. The number of rotatable bonds is 4. The molecule has 10 aromatic rings. The van der Waals surface area contributed by atoms with E-state index in [4.69, 9.17) is 0 Å². The molecule has 0 atom stereocenters. The second-order valence-electron chi connectivity index (χ2n) is 13.3. The van der Waals surface area contributed by atoms with E-state index in [0.29, 0.717) is 0 Å². The van der Waals surface area contributed by atoms with E-state index >= 15 is 0 Å². The highest BCUT2D eigenvalue weighted by Crippen LogP contribution is 2.47. The average Bonchev–Trinajstić information content (AvgIpc) is 3.19. The van der Waals surface area contributed by atoms with Crippen molar-refractivity contribution in [2.75, 3.05) is 0 Å². The van der Waals surface area contributed by atoms with Crippen LogP contribution in [0.15, 0.2) is 194 Å². The van der Waals surface area contributed by atoms with Crippen LogP contribution in [-0.4, -0.2) is 0 Å². The van der Waals surface area contributed by atoms with Gasteiger partial charge in [-0.15, -0.1) is 0 Å². The van der Waals surface area contributed by atoms with Gasteiger partial charge >= 0.3 is 0 Å². The molecule has 0 bridgehead atoms. The van der Waals surface area contributed by atoms with Crippen LogP contribution in [0.4, 0.5) is 0 Å². The standard InChI is InChI=1S/C50H32/c1-3-15-33(16-4-1)37-28-38(34-17-5-2-6-18-34)30-40(29-37)49-43-23-11-13-25-45(43)50(46-26-14-12-24-44(46)49)48-32-39-27-35-19-7-8-20-36(35)31-47(39)41-21-9-10-22-42(41)48/h1-32H. The third-order valence-corrected chi connectivity index (χ3v) is 10.4. The molecule has 0 aromatic heterocycles. The Morgan fingerprint density at radius 2 is 0.620 bits per heavy atom. The van der Waals surface area contributed by atoms with Gasteiger partial charge in [0, 0.05) is 0 Å². The van der Waals surface area contributed by atoms with Gasteiger partial charge in [-0.1, -0.05) is 158 Å². The second-order valence-corrected chi connectivity index (χ2v) is 13.3. The lowest BCUT2D eigenvalue weighted by Gasteiger charge is -2.20. The molecule has 232 valence electrons. The molecule has 50 heavy (non-hydrogen) atoms. The summed E-state index contributed by atoms with van der Waals surface area (Å²) in [4.78, 5) is 0. The maximum Gasteiger partial charge on any atom is -0.00199 e. The minimum Gasteiger partial charge on any atom is -0.0622 e. The first-order valence-electron chi connectivity index (χ1n) is 17.3. The van der Waals surface area contributed by atoms with Crippen molar-refractivity contribution in [2.24, 2.45) is 0 Å². The van der Waals surface area contributed by atoms with E-state index in [1.54, 1.807) is 0 Å². The van der Waals surface area contributed by atoms with Crippen molar-refractivity contribution in [3.8, 4) is 44.5 Å². The van der Waals surface area contributed by atoms with Crippen molar-refractivity contribution in [1.82, 2.24) is 0 Å². The van der Waals surface area contributed by atoms with Gasteiger partial charge in [0.2, 0.25) is 0 Å². The summed E-state index contributed by atoms with van der Waals surface area (Å²) in [6.07, 6.45) is 0. The first kappa shape index (κ1) is 28.5. The van der Waals surface area contributed by atoms with Crippen molar-refractivity contribution < 1.29 is 0 Å². The molecule has 0 N–H and O–H groups in total. The first-order valence-corrected chi connectivity index (χ1v) is 17.3. The van der Waals surface area contributed by atoms with E-state index in [1.807, 2.05) is 0 Å². The first-order chi connectivity index (χ1) is 24.8. The molecule has 0 saturated carbocycles. The molecule has 0 fully saturated rings. The van der Waals surface area contributed by atoms with Crippen molar-refractivity contribution in [3.05, 3.63) is 194 Å². The molecule has 0 nitrogen and oxygen atoms in total. The molecule has 0 spiro atoms. The summed E-state index contributed by atoms with van der Waals surface area (Å²) in [5.41, 5.74) is 9.90. The molecular weight excluding hydrogens is 601 g/mol. The Kier molecular flexibility index (Phi) is 6.60. The Balaban J connectivity index is 1.32. The minimum absolute atomic E-state index is 1.21. The Bertz CT molecular complexity index is 2780. The molecule has 0 amide bonds. The molecule has 0 heterocycles. The third-order valence-electron chi connectivity index (χ3n) is 10.4. The van der Waals surface area contributed by atoms with Gasteiger partial charge in [0.05, 0.1) is 0 Å². The Morgan fingerprint density at radius 3 is 1.18 bits per heavy atom. The Labute approximate surface area is 291 Å². The van der Waals surface area contributed by atoms with Gasteiger partial charge in [-0.05, 0) is 135 Å². The molecule has 0 saturated heterocycles. The van der Waals surface area contributed by atoms with Crippen molar-refractivity contribution >= 4 is 53.9 Å². The van der Waals surface area contributed by atoms with E-state index < -0.39 is 0 Å².